The molecule has 4 heteroatoms. The van der Waals surface area contributed by atoms with E-state index in [0.29, 0.717) is 18.7 Å². The van der Waals surface area contributed by atoms with Crippen molar-refractivity contribution in [3.05, 3.63) is 71.8 Å². The lowest BCUT2D eigenvalue weighted by Crippen LogP contribution is -2.33. The maximum atomic E-state index is 11.9. The fourth-order valence-electron chi connectivity index (χ4n) is 2.33. The van der Waals surface area contributed by atoms with E-state index in [1.807, 2.05) is 48.5 Å². The van der Waals surface area contributed by atoms with Crippen LogP contribution in [0.5, 0.6) is 0 Å². The second-order valence-corrected chi connectivity index (χ2v) is 5.10. The molecule has 0 amide bonds. The Bertz CT molecular complexity index is 571. The first-order valence-corrected chi connectivity index (χ1v) is 7.28. The predicted molar refractivity (Wildman–Crippen MR) is 85.1 cm³/mol. The summed E-state index contributed by atoms with van der Waals surface area (Å²) >= 11 is 0. The van der Waals surface area contributed by atoms with E-state index in [2.05, 4.69) is 5.32 Å². The van der Waals surface area contributed by atoms with Crippen LogP contribution in [0.4, 0.5) is 0 Å². The fourth-order valence-corrected chi connectivity index (χ4v) is 2.33. The van der Waals surface area contributed by atoms with Gasteiger partial charge in [0.05, 0.1) is 19.1 Å². The summed E-state index contributed by atoms with van der Waals surface area (Å²) in [5.74, 6) is -1.06. The summed E-state index contributed by atoms with van der Waals surface area (Å²) in [6.45, 7) is 0.980. The van der Waals surface area contributed by atoms with Crippen LogP contribution in [-0.4, -0.2) is 24.7 Å². The van der Waals surface area contributed by atoms with Crippen LogP contribution < -0.4 is 5.32 Å². The van der Waals surface area contributed by atoms with E-state index in [1.54, 1.807) is 12.1 Å². The Kier molecular flexibility index (Phi) is 6.13. The Morgan fingerprint density at radius 2 is 1.68 bits per heavy atom. The zero-order chi connectivity index (χ0) is 15.8. The molecule has 0 saturated heterocycles. The van der Waals surface area contributed by atoms with Gasteiger partial charge < -0.3 is 15.2 Å². The van der Waals surface area contributed by atoms with Crippen LogP contribution in [0.25, 0.3) is 0 Å². The van der Waals surface area contributed by atoms with E-state index >= 15 is 0 Å². The molecule has 0 saturated carbocycles. The van der Waals surface area contributed by atoms with E-state index < -0.39 is 18.0 Å². The maximum absolute atomic E-state index is 11.9. The van der Waals surface area contributed by atoms with Crippen molar-refractivity contribution in [3.8, 4) is 0 Å². The van der Waals surface area contributed by atoms with Crippen molar-refractivity contribution in [1.29, 1.82) is 0 Å². The fraction of sp³-hybridized carbons (Fsp3) is 0.278. The second-order valence-electron chi connectivity index (χ2n) is 5.10. The molecule has 2 N–H and O–H groups in total. The zero-order valence-electron chi connectivity index (χ0n) is 12.6. The van der Waals surface area contributed by atoms with Gasteiger partial charge in [0.2, 0.25) is 0 Å². The van der Waals surface area contributed by atoms with Crippen LogP contribution in [0.2, 0.25) is 0 Å². The third kappa shape index (κ3) is 4.41. The molecule has 0 radical (unpaired) electrons. The third-order valence-corrected chi connectivity index (χ3v) is 3.56. The van der Waals surface area contributed by atoms with Crippen molar-refractivity contribution in [1.82, 2.24) is 5.32 Å². The number of carbonyl (C=O) groups excluding carboxylic acids is 1. The summed E-state index contributed by atoms with van der Waals surface area (Å²) in [6.07, 6.45) is -0.892. The molecule has 0 aliphatic heterocycles. The van der Waals surface area contributed by atoms with Gasteiger partial charge in [0, 0.05) is 13.1 Å². The van der Waals surface area contributed by atoms with Gasteiger partial charge in [-0.15, -0.1) is 0 Å². The van der Waals surface area contributed by atoms with Gasteiger partial charge in [-0.05, 0) is 11.1 Å². The topological polar surface area (TPSA) is 58.6 Å². The van der Waals surface area contributed by atoms with E-state index in [9.17, 15) is 9.90 Å². The van der Waals surface area contributed by atoms with E-state index in [-0.39, 0.29) is 0 Å². The molecular weight excluding hydrogens is 278 g/mol. The molecular formula is C18H21NO3. The lowest BCUT2D eigenvalue weighted by atomic mass is 9.95. The number of aliphatic hydroxyl groups is 1. The molecule has 0 spiro atoms. The van der Waals surface area contributed by atoms with Crippen molar-refractivity contribution in [2.75, 3.05) is 13.7 Å². The second kappa shape index (κ2) is 8.32. The number of aliphatic hydroxyl groups excluding tert-OH is 1. The van der Waals surface area contributed by atoms with Crippen molar-refractivity contribution in [2.45, 2.75) is 12.6 Å². The minimum absolute atomic E-state index is 0.345. The highest BCUT2D eigenvalue weighted by Crippen LogP contribution is 2.22. The molecule has 0 aliphatic carbocycles. The molecule has 2 rings (SSSR count). The molecule has 0 bridgehead atoms. The van der Waals surface area contributed by atoms with Crippen LogP contribution in [0, 0.1) is 5.92 Å². The van der Waals surface area contributed by atoms with Gasteiger partial charge in [-0.25, -0.2) is 0 Å². The number of methoxy groups -OCH3 is 1. The lowest BCUT2D eigenvalue weighted by molar-refractivity contribution is -0.149. The van der Waals surface area contributed by atoms with Gasteiger partial charge in [0.1, 0.15) is 0 Å². The lowest BCUT2D eigenvalue weighted by Gasteiger charge is -2.21. The summed E-state index contributed by atoms with van der Waals surface area (Å²) in [5.41, 5.74) is 1.83. The zero-order valence-corrected chi connectivity index (χ0v) is 12.6. The number of carbonyl (C=O) groups is 1. The number of hydrogen-bond acceptors (Lipinski definition) is 4. The highest BCUT2D eigenvalue weighted by atomic mass is 16.5. The van der Waals surface area contributed by atoms with Gasteiger partial charge >= 0.3 is 5.97 Å². The van der Waals surface area contributed by atoms with Gasteiger partial charge in [-0.3, -0.25) is 4.79 Å². The maximum Gasteiger partial charge on any atom is 0.312 e. The van der Waals surface area contributed by atoms with E-state index in [1.165, 1.54) is 7.11 Å². The molecule has 0 aromatic heterocycles. The summed E-state index contributed by atoms with van der Waals surface area (Å²) in [7, 11) is 1.34. The van der Waals surface area contributed by atoms with Gasteiger partial charge in [-0.2, -0.15) is 0 Å². The van der Waals surface area contributed by atoms with Crippen LogP contribution in [0.3, 0.4) is 0 Å². The van der Waals surface area contributed by atoms with Crippen molar-refractivity contribution in [2.24, 2.45) is 5.92 Å². The first-order chi connectivity index (χ1) is 10.7. The van der Waals surface area contributed by atoms with Crippen molar-refractivity contribution >= 4 is 5.97 Å². The van der Waals surface area contributed by atoms with Crippen molar-refractivity contribution in [3.63, 3.8) is 0 Å². The summed E-state index contributed by atoms with van der Waals surface area (Å²) < 4.78 is 4.82. The molecule has 22 heavy (non-hydrogen) atoms. The SMILES string of the molecule is COC(=O)C(CNCc1ccccc1)C(O)c1ccccc1. The van der Waals surface area contributed by atoms with Crippen LogP contribution in [-0.2, 0) is 16.1 Å². The Morgan fingerprint density at radius 3 is 2.27 bits per heavy atom. The average molecular weight is 299 g/mol. The molecule has 2 aromatic rings. The molecule has 2 atom stereocenters. The molecule has 2 unspecified atom stereocenters. The predicted octanol–water partition coefficient (Wildman–Crippen LogP) is 2.30. The molecule has 116 valence electrons. The summed E-state index contributed by atoms with van der Waals surface area (Å²) in [6, 6.07) is 19.1. The van der Waals surface area contributed by atoms with Crippen LogP contribution in [0.15, 0.2) is 60.7 Å². The molecule has 0 fully saturated rings. The average Bonchev–Trinajstić information content (AvgIpc) is 2.59. The first-order valence-electron chi connectivity index (χ1n) is 7.28. The number of ether oxygens (including phenoxy) is 1. The Balaban J connectivity index is 1.99. The minimum Gasteiger partial charge on any atom is -0.469 e. The number of nitrogens with one attached hydrogen (secondary N) is 1. The standard InChI is InChI=1S/C18H21NO3/c1-22-18(21)16(17(20)15-10-6-3-7-11-15)13-19-12-14-8-4-2-5-9-14/h2-11,16-17,19-20H,12-13H2,1H3. The summed E-state index contributed by atoms with van der Waals surface area (Å²) in [4.78, 5) is 11.9. The Labute approximate surface area is 130 Å². The summed E-state index contributed by atoms with van der Waals surface area (Å²) in [5, 5.41) is 13.6. The Morgan fingerprint density at radius 1 is 1.09 bits per heavy atom. The third-order valence-electron chi connectivity index (χ3n) is 3.56. The number of benzene rings is 2. The van der Waals surface area contributed by atoms with E-state index in [0.717, 1.165) is 5.56 Å². The normalized spacial score (nSPS) is 13.4. The smallest absolute Gasteiger partial charge is 0.312 e. The minimum atomic E-state index is -0.892. The molecule has 4 nitrogen and oxygen atoms in total. The molecule has 0 heterocycles. The monoisotopic (exact) mass is 299 g/mol. The van der Waals surface area contributed by atoms with Gasteiger partial charge in [0.25, 0.3) is 0 Å². The first kappa shape index (κ1) is 16.2. The quantitative estimate of drug-likeness (QED) is 0.770. The Hall–Kier alpha value is -2.17. The van der Waals surface area contributed by atoms with E-state index in [4.69, 9.17) is 4.74 Å². The van der Waals surface area contributed by atoms with Crippen LogP contribution >= 0.6 is 0 Å². The largest absolute Gasteiger partial charge is 0.469 e. The number of rotatable bonds is 7. The number of esters is 1. The highest BCUT2D eigenvalue weighted by Gasteiger charge is 2.28. The van der Waals surface area contributed by atoms with Gasteiger partial charge in [0.15, 0.2) is 0 Å². The number of hydrogen-bond donors (Lipinski definition) is 2. The van der Waals surface area contributed by atoms with Gasteiger partial charge in [-0.1, -0.05) is 60.7 Å². The highest BCUT2D eigenvalue weighted by molar-refractivity contribution is 5.73. The van der Waals surface area contributed by atoms with Crippen LogP contribution in [0.1, 0.15) is 17.2 Å². The molecule has 2 aromatic carbocycles. The molecule has 0 aliphatic rings. The van der Waals surface area contributed by atoms with Crippen molar-refractivity contribution < 1.29 is 14.6 Å².